The molecule has 0 aromatic heterocycles. The van der Waals surface area contributed by atoms with Gasteiger partial charge >= 0.3 is 5.97 Å². The lowest BCUT2D eigenvalue weighted by Crippen LogP contribution is -2.43. The van der Waals surface area contributed by atoms with Crippen LogP contribution in [-0.2, 0) is 16.0 Å². The van der Waals surface area contributed by atoms with Crippen molar-refractivity contribution in [1.29, 1.82) is 0 Å². The Bertz CT molecular complexity index is 516. The second-order valence-electron chi connectivity index (χ2n) is 5.47. The number of alkyl halides is 1. The summed E-state index contributed by atoms with van der Waals surface area (Å²) in [4.78, 5) is 22.7. The van der Waals surface area contributed by atoms with Crippen LogP contribution in [0, 0.1) is 0 Å². The smallest absolute Gasteiger partial charge is 0.336 e. The van der Waals surface area contributed by atoms with E-state index < -0.39 is 16.4 Å². The molecule has 96 valence electrons. The van der Waals surface area contributed by atoms with Crippen molar-refractivity contribution in [3.63, 3.8) is 0 Å². The van der Waals surface area contributed by atoms with E-state index in [-0.39, 0.29) is 12.2 Å². The van der Waals surface area contributed by atoms with Gasteiger partial charge in [0.25, 0.3) is 0 Å². The van der Waals surface area contributed by atoms with E-state index in [0.29, 0.717) is 5.56 Å². The van der Waals surface area contributed by atoms with Crippen LogP contribution in [0.5, 0.6) is 0 Å². The first-order valence-electron chi connectivity index (χ1n) is 5.79. The summed E-state index contributed by atoms with van der Waals surface area (Å²) >= 11 is 6.22. The summed E-state index contributed by atoms with van der Waals surface area (Å²) in [6, 6.07) is 7.08. The van der Waals surface area contributed by atoms with E-state index in [4.69, 9.17) is 16.3 Å². The van der Waals surface area contributed by atoms with Gasteiger partial charge in [0, 0.05) is 12.0 Å². The van der Waals surface area contributed by atoms with Gasteiger partial charge in [0.2, 0.25) is 4.87 Å². The van der Waals surface area contributed by atoms with Crippen LogP contribution in [0.15, 0.2) is 24.3 Å². The second kappa shape index (κ2) is 4.09. The summed E-state index contributed by atoms with van der Waals surface area (Å²) in [5.74, 6) is -1.04. The van der Waals surface area contributed by atoms with Crippen molar-refractivity contribution in [2.24, 2.45) is 0 Å². The fourth-order valence-corrected chi connectivity index (χ4v) is 2.26. The lowest BCUT2D eigenvalue weighted by Gasteiger charge is -2.25. The number of hydrogen-bond donors (Lipinski definition) is 0. The van der Waals surface area contributed by atoms with Gasteiger partial charge in [-0.05, 0) is 26.3 Å². The maximum atomic E-state index is 12.2. The number of fused-ring (bicyclic) bond motifs is 1. The fraction of sp³-hybridized carbons (Fsp3) is 0.429. The van der Waals surface area contributed by atoms with Gasteiger partial charge in [-0.15, -0.1) is 0 Å². The number of Topliss-reactive ketones (excluding diaryl/α,β-unsaturated/α-hetero) is 1. The molecule has 0 bridgehead atoms. The van der Waals surface area contributed by atoms with Crippen LogP contribution in [-0.4, -0.2) is 22.2 Å². The summed E-state index contributed by atoms with van der Waals surface area (Å²) < 4.78 is 5.23. The Hall–Kier alpha value is -1.35. The quantitative estimate of drug-likeness (QED) is 0.446. The number of rotatable bonds is 1. The Morgan fingerprint density at radius 3 is 2.50 bits per heavy atom. The fourth-order valence-electron chi connectivity index (χ4n) is 1.98. The number of esters is 1. The molecule has 0 saturated heterocycles. The van der Waals surface area contributed by atoms with Crippen molar-refractivity contribution >= 4 is 23.4 Å². The number of halogens is 1. The van der Waals surface area contributed by atoms with E-state index in [1.165, 1.54) is 0 Å². The van der Waals surface area contributed by atoms with Gasteiger partial charge < -0.3 is 4.74 Å². The third-order valence-electron chi connectivity index (χ3n) is 2.78. The molecule has 0 amide bonds. The molecule has 0 radical (unpaired) electrons. The van der Waals surface area contributed by atoms with Crippen molar-refractivity contribution in [1.82, 2.24) is 0 Å². The highest BCUT2D eigenvalue weighted by molar-refractivity contribution is 6.49. The molecule has 3 nitrogen and oxygen atoms in total. The van der Waals surface area contributed by atoms with E-state index in [2.05, 4.69) is 0 Å². The van der Waals surface area contributed by atoms with Crippen LogP contribution in [0.1, 0.15) is 36.7 Å². The van der Waals surface area contributed by atoms with Crippen LogP contribution in [0.25, 0.3) is 0 Å². The van der Waals surface area contributed by atoms with Crippen LogP contribution in [0.4, 0.5) is 0 Å². The zero-order valence-electron chi connectivity index (χ0n) is 10.6. The van der Waals surface area contributed by atoms with Gasteiger partial charge in [-0.25, -0.2) is 4.79 Å². The molecule has 1 aliphatic carbocycles. The molecule has 18 heavy (non-hydrogen) atoms. The Labute approximate surface area is 111 Å². The molecule has 0 N–H and O–H groups in total. The second-order valence-corrected chi connectivity index (χ2v) is 6.11. The average Bonchev–Trinajstić information content (AvgIpc) is 2.51. The van der Waals surface area contributed by atoms with E-state index >= 15 is 0 Å². The van der Waals surface area contributed by atoms with Crippen molar-refractivity contribution in [3.8, 4) is 0 Å². The summed E-state index contributed by atoms with van der Waals surface area (Å²) in [5, 5.41) is 0. The molecular formula is C14H15ClO3. The SMILES string of the molecule is CC(C)(C)OC(=O)[C@]1(Cl)Cc2ccccc2C1=O. The van der Waals surface area contributed by atoms with Gasteiger partial charge in [0.1, 0.15) is 5.60 Å². The highest BCUT2D eigenvalue weighted by Gasteiger charge is 2.52. The van der Waals surface area contributed by atoms with Crippen molar-refractivity contribution in [2.75, 3.05) is 0 Å². The molecule has 0 spiro atoms. The third-order valence-corrected chi connectivity index (χ3v) is 3.24. The molecule has 0 fully saturated rings. The molecule has 0 aliphatic heterocycles. The monoisotopic (exact) mass is 266 g/mol. The highest BCUT2D eigenvalue weighted by atomic mass is 35.5. The number of ether oxygens (including phenoxy) is 1. The van der Waals surface area contributed by atoms with Gasteiger partial charge in [-0.1, -0.05) is 35.9 Å². The Kier molecular flexibility index (Phi) is 2.98. The molecule has 0 heterocycles. The maximum Gasteiger partial charge on any atom is 0.336 e. The van der Waals surface area contributed by atoms with E-state index in [1.54, 1.807) is 32.9 Å². The van der Waals surface area contributed by atoms with Crippen LogP contribution in [0.3, 0.4) is 0 Å². The van der Waals surface area contributed by atoms with Crippen LogP contribution in [0.2, 0.25) is 0 Å². The van der Waals surface area contributed by atoms with Gasteiger partial charge in [-0.2, -0.15) is 0 Å². The molecule has 1 aromatic carbocycles. The Morgan fingerprint density at radius 1 is 1.33 bits per heavy atom. The molecular weight excluding hydrogens is 252 g/mol. The molecule has 2 rings (SSSR count). The summed E-state index contributed by atoms with van der Waals surface area (Å²) in [6.07, 6.45) is 0.193. The van der Waals surface area contributed by atoms with E-state index in [1.807, 2.05) is 12.1 Å². The van der Waals surface area contributed by atoms with Gasteiger partial charge in [0.15, 0.2) is 5.78 Å². The largest absolute Gasteiger partial charge is 0.458 e. The zero-order chi connectivity index (χ0) is 13.6. The Morgan fingerprint density at radius 2 is 1.94 bits per heavy atom. The van der Waals surface area contributed by atoms with Crippen molar-refractivity contribution in [2.45, 2.75) is 37.7 Å². The average molecular weight is 267 g/mol. The lowest BCUT2D eigenvalue weighted by atomic mass is 10.0. The minimum Gasteiger partial charge on any atom is -0.458 e. The van der Waals surface area contributed by atoms with Crippen LogP contribution < -0.4 is 0 Å². The first kappa shape index (κ1) is 13.1. The van der Waals surface area contributed by atoms with Gasteiger partial charge in [-0.3, -0.25) is 4.79 Å². The third kappa shape index (κ3) is 2.15. The molecule has 1 aromatic rings. The molecule has 1 atom stereocenters. The molecule has 1 aliphatic rings. The Balaban J connectivity index is 2.31. The van der Waals surface area contributed by atoms with Crippen molar-refractivity contribution < 1.29 is 14.3 Å². The minimum atomic E-state index is -1.60. The van der Waals surface area contributed by atoms with E-state index in [0.717, 1.165) is 5.56 Å². The molecule has 0 unspecified atom stereocenters. The number of carbonyl (C=O) groups is 2. The summed E-state index contributed by atoms with van der Waals surface area (Å²) in [6.45, 7) is 5.24. The number of ketones is 1. The number of hydrogen-bond acceptors (Lipinski definition) is 3. The van der Waals surface area contributed by atoms with E-state index in [9.17, 15) is 9.59 Å². The van der Waals surface area contributed by atoms with Crippen LogP contribution >= 0.6 is 11.6 Å². The molecule has 4 heteroatoms. The summed E-state index contributed by atoms with van der Waals surface area (Å²) in [7, 11) is 0. The normalized spacial score (nSPS) is 22.8. The zero-order valence-corrected chi connectivity index (χ0v) is 11.4. The first-order valence-corrected chi connectivity index (χ1v) is 6.17. The lowest BCUT2D eigenvalue weighted by molar-refractivity contribution is -0.156. The predicted molar refractivity (Wildman–Crippen MR) is 68.9 cm³/mol. The first-order chi connectivity index (χ1) is 8.24. The highest BCUT2D eigenvalue weighted by Crippen LogP contribution is 2.36. The number of carbonyl (C=O) groups excluding carboxylic acids is 2. The minimum absolute atomic E-state index is 0.193. The predicted octanol–water partition coefficient (Wildman–Crippen LogP) is 2.74. The topological polar surface area (TPSA) is 43.4 Å². The molecule has 0 saturated carbocycles. The number of benzene rings is 1. The maximum absolute atomic E-state index is 12.2. The summed E-state index contributed by atoms with van der Waals surface area (Å²) in [5.41, 5.74) is 0.648. The standard InChI is InChI=1S/C14H15ClO3/c1-13(2,3)18-12(17)14(15)8-9-6-4-5-7-10(9)11(14)16/h4-7H,8H2,1-3H3/t14-/m0/s1. The van der Waals surface area contributed by atoms with Gasteiger partial charge in [0.05, 0.1) is 0 Å². The van der Waals surface area contributed by atoms with Crippen molar-refractivity contribution in [3.05, 3.63) is 35.4 Å².